The summed E-state index contributed by atoms with van der Waals surface area (Å²) < 4.78 is 36.0. The number of methoxy groups -OCH3 is 2. The van der Waals surface area contributed by atoms with Crippen molar-refractivity contribution in [3.63, 3.8) is 0 Å². The number of aliphatic carboxylic acids is 1. The van der Waals surface area contributed by atoms with Gasteiger partial charge in [0, 0.05) is 31.5 Å². The molecule has 0 spiro atoms. The first kappa shape index (κ1) is 34.0. The zero-order valence-corrected chi connectivity index (χ0v) is 24.7. The van der Waals surface area contributed by atoms with Gasteiger partial charge in [0.05, 0.1) is 39.1 Å². The first-order chi connectivity index (χ1) is 17.7. The zero-order chi connectivity index (χ0) is 27.4. The van der Waals surface area contributed by atoms with Gasteiger partial charge in [0.15, 0.2) is 11.5 Å². The molecule has 2 aromatic carbocycles. The molecule has 0 heterocycles. The fraction of sp³-hybridized carbons (Fsp3) is 0.464. The van der Waals surface area contributed by atoms with Crippen LogP contribution in [0.4, 0.5) is 4.39 Å². The Morgan fingerprint density at radius 1 is 1.08 bits per heavy atom. The van der Waals surface area contributed by atoms with E-state index in [9.17, 15) is 24.5 Å². The Labute approximate surface area is 245 Å². The normalized spacial score (nSPS) is 12.8. The smallest absolute Gasteiger partial charge is 0.550 e. The Balaban J connectivity index is 0.00000722. The molecule has 0 aliphatic carbocycles. The van der Waals surface area contributed by atoms with Crippen molar-refractivity contribution in [3.05, 3.63) is 53.4 Å². The van der Waals surface area contributed by atoms with Gasteiger partial charge in [-0.3, -0.25) is 0 Å². The van der Waals surface area contributed by atoms with Gasteiger partial charge in [-0.15, -0.1) is 0 Å². The van der Waals surface area contributed by atoms with Crippen LogP contribution in [0.3, 0.4) is 0 Å². The molecule has 0 fully saturated rings. The summed E-state index contributed by atoms with van der Waals surface area (Å²) in [5, 5.41) is 31.0. The van der Waals surface area contributed by atoms with Crippen LogP contribution in [0, 0.1) is 5.82 Å². The van der Waals surface area contributed by atoms with Crippen LogP contribution in [0.25, 0.3) is 17.2 Å². The topological polar surface area (TPSA) is 118 Å². The molecule has 2 rings (SSSR count). The second kappa shape index (κ2) is 17.6. The van der Waals surface area contributed by atoms with E-state index in [2.05, 4.69) is 0 Å². The molecule has 0 amide bonds. The molecule has 0 radical (unpaired) electrons. The summed E-state index contributed by atoms with van der Waals surface area (Å²) in [6, 6.07) is 7.82. The Bertz CT molecular complexity index is 1030. The molecular formula is C28H36FNaO8. The third kappa shape index (κ3) is 10.6. The van der Waals surface area contributed by atoms with Gasteiger partial charge in [0.25, 0.3) is 0 Å². The molecule has 0 aliphatic rings. The maximum absolute atomic E-state index is 13.7. The predicted molar refractivity (Wildman–Crippen MR) is 136 cm³/mol. The Morgan fingerprint density at radius 3 is 2.32 bits per heavy atom. The van der Waals surface area contributed by atoms with Crippen molar-refractivity contribution >= 4 is 12.0 Å². The molecule has 2 atom stereocenters. The van der Waals surface area contributed by atoms with Crippen molar-refractivity contribution in [2.75, 3.05) is 40.6 Å². The van der Waals surface area contributed by atoms with Crippen LogP contribution in [0.5, 0.6) is 11.5 Å². The van der Waals surface area contributed by atoms with E-state index in [4.69, 9.17) is 18.9 Å². The fourth-order valence-corrected chi connectivity index (χ4v) is 3.84. The molecule has 0 saturated heterocycles. The number of benzene rings is 2. The Morgan fingerprint density at radius 2 is 1.74 bits per heavy atom. The third-order valence-electron chi connectivity index (χ3n) is 5.59. The van der Waals surface area contributed by atoms with E-state index in [0.29, 0.717) is 42.4 Å². The van der Waals surface area contributed by atoms with Gasteiger partial charge in [-0.25, -0.2) is 4.39 Å². The molecule has 2 unspecified atom stereocenters. The number of aliphatic hydroxyl groups excluding tert-OH is 2. The summed E-state index contributed by atoms with van der Waals surface area (Å²) in [5.74, 6) is -0.830. The summed E-state index contributed by atoms with van der Waals surface area (Å²) in [6.45, 7) is 5.55. The standard InChI is InChI=1S/C28H37FO8.Na/c1-18(2)24-17-25(37-14-13-36-12-11-34-3)28(35-4)27(19-5-7-20(29)8-6-19)23(24)10-9-21(30)15-22(31)16-26(32)33;/h5-10,17-18,21-22,30-31H,11-16H2,1-4H3,(H,32,33);/q;+1/p-1/b10-9+;. The monoisotopic (exact) mass is 542 g/mol. The van der Waals surface area contributed by atoms with Crippen LogP contribution < -0.4 is 44.1 Å². The molecule has 0 aromatic heterocycles. The molecule has 38 heavy (non-hydrogen) atoms. The zero-order valence-electron chi connectivity index (χ0n) is 22.7. The van der Waals surface area contributed by atoms with E-state index in [1.807, 2.05) is 19.9 Å². The number of aliphatic hydroxyl groups is 2. The van der Waals surface area contributed by atoms with E-state index >= 15 is 0 Å². The largest absolute Gasteiger partial charge is 1.00 e. The van der Waals surface area contributed by atoms with Gasteiger partial charge in [-0.2, -0.15) is 0 Å². The minimum atomic E-state index is -1.39. The SMILES string of the molecule is COCCOCCOc1cc(C(C)C)c(/C=C/C(O)CC(O)CC(=O)[O-])c(-c2ccc(F)cc2)c1OC.[Na+]. The average molecular weight is 543 g/mol. The molecule has 0 bridgehead atoms. The summed E-state index contributed by atoms with van der Waals surface area (Å²) in [5.41, 5.74) is 2.92. The molecule has 0 saturated carbocycles. The van der Waals surface area contributed by atoms with Crippen molar-refractivity contribution in [2.45, 2.75) is 44.8 Å². The molecule has 10 heteroatoms. The van der Waals surface area contributed by atoms with E-state index < -0.39 is 24.6 Å². The molecule has 0 aliphatic heterocycles. The molecule has 2 N–H and O–H groups in total. The van der Waals surface area contributed by atoms with Crippen LogP contribution in [0.2, 0.25) is 0 Å². The number of hydrogen-bond donors (Lipinski definition) is 2. The van der Waals surface area contributed by atoms with Crippen LogP contribution in [-0.4, -0.2) is 69.0 Å². The number of halogens is 1. The van der Waals surface area contributed by atoms with Crippen molar-refractivity contribution in [1.29, 1.82) is 0 Å². The average Bonchev–Trinajstić information content (AvgIpc) is 2.84. The van der Waals surface area contributed by atoms with E-state index in [1.165, 1.54) is 25.3 Å². The van der Waals surface area contributed by atoms with Crippen LogP contribution in [-0.2, 0) is 14.3 Å². The van der Waals surface area contributed by atoms with Gasteiger partial charge < -0.3 is 39.1 Å². The summed E-state index contributed by atoms with van der Waals surface area (Å²) in [4.78, 5) is 10.7. The molecular weight excluding hydrogens is 506 g/mol. The number of rotatable bonds is 16. The van der Waals surface area contributed by atoms with Crippen molar-refractivity contribution in [2.24, 2.45) is 0 Å². The van der Waals surface area contributed by atoms with Gasteiger partial charge in [0.2, 0.25) is 0 Å². The Hall–Kier alpha value is -1.98. The second-order valence-electron chi connectivity index (χ2n) is 8.79. The summed E-state index contributed by atoms with van der Waals surface area (Å²) in [7, 11) is 3.11. The first-order valence-electron chi connectivity index (χ1n) is 12.1. The summed E-state index contributed by atoms with van der Waals surface area (Å²) >= 11 is 0. The number of hydrogen-bond acceptors (Lipinski definition) is 8. The second-order valence-corrected chi connectivity index (χ2v) is 8.79. The van der Waals surface area contributed by atoms with E-state index in [0.717, 1.165) is 11.1 Å². The van der Waals surface area contributed by atoms with Gasteiger partial charge >= 0.3 is 29.6 Å². The fourth-order valence-electron chi connectivity index (χ4n) is 3.84. The number of carboxylic acids is 1. The number of carbonyl (C=O) groups is 1. The maximum atomic E-state index is 13.7. The van der Waals surface area contributed by atoms with Gasteiger partial charge in [0.1, 0.15) is 12.4 Å². The number of carbonyl (C=O) groups excluding carboxylic acids is 1. The minimum Gasteiger partial charge on any atom is -0.550 e. The number of ether oxygens (including phenoxy) is 4. The maximum Gasteiger partial charge on any atom is 1.00 e. The quantitative estimate of drug-likeness (QED) is 0.224. The molecule has 2 aromatic rings. The predicted octanol–water partition coefficient (Wildman–Crippen LogP) is -0.0644. The van der Waals surface area contributed by atoms with Crippen molar-refractivity contribution in [3.8, 4) is 22.6 Å². The van der Waals surface area contributed by atoms with Crippen LogP contribution in [0.15, 0.2) is 36.4 Å². The van der Waals surface area contributed by atoms with E-state index in [1.54, 1.807) is 25.3 Å². The van der Waals surface area contributed by atoms with Gasteiger partial charge in [-0.1, -0.05) is 38.1 Å². The molecule has 8 nitrogen and oxygen atoms in total. The van der Waals surface area contributed by atoms with Crippen LogP contribution >= 0.6 is 0 Å². The third-order valence-corrected chi connectivity index (χ3v) is 5.59. The first-order valence-corrected chi connectivity index (χ1v) is 12.1. The number of carboxylic acid groups (broad SMARTS) is 1. The Kier molecular flexibility index (Phi) is 15.7. The van der Waals surface area contributed by atoms with Crippen molar-refractivity contribution in [1.82, 2.24) is 0 Å². The van der Waals surface area contributed by atoms with Crippen molar-refractivity contribution < 1.29 is 73.0 Å². The van der Waals surface area contributed by atoms with Crippen LogP contribution in [0.1, 0.15) is 43.7 Å². The summed E-state index contributed by atoms with van der Waals surface area (Å²) in [6.07, 6.45) is 0.0806. The molecule has 204 valence electrons. The van der Waals surface area contributed by atoms with E-state index in [-0.39, 0.29) is 54.3 Å². The minimum absolute atomic E-state index is 0. The van der Waals surface area contributed by atoms with Gasteiger partial charge in [-0.05, 0) is 40.8 Å².